The number of nitrogens with zero attached hydrogens (tertiary/aromatic N) is 2. The molecule has 0 aliphatic carbocycles. The second-order valence-electron chi connectivity index (χ2n) is 2.40. The Balaban J connectivity index is 0.000000461. The molecule has 1 aliphatic heterocycles. The summed E-state index contributed by atoms with van der Waals surface area (Å²) in [6.45, 7) is 7.65. The van der Waals surface area contributed by atoms with Gasteiger partial charge < -0.3 is 4.90 Å². The molecule has 1 fully saturated rings. The second kappa shape index (κ2) is 7.66. The van der Waals surface area contributed by atoms with Gasteiger partial charge in [-0.05, 0) is 25.9 Å². The van der Waals surface area contributed by atoms with Crippen LogP contribution in [0.4, 0.5) is 0 Å². The average Bonchev–Trinajstić information content (AvgIpc) is 2.57. The maximum Gasteiger partial charge on any atom is 0.0938 e. The van der Waals surface area contributed by atoms with Crippen molar-refractivity contribution in [2.75, 3.05) is 26.2 Å². The SMILES string of the molecule is CC.O=NCCN1CCCC1. The third-order valence-corrected chi connectivity index (χ3v) is 1.71. The van der Waals surface area contributed by atoms with E-state index in [2.05, 4.69) is 10.1 Å². The predicted octanol–water partition coefficient (Wildman–Crippen LogP) is 1.87. The summed E-state index contributed by atoms with van der Waals surface area (Å²) in [4.78, 5) is 12.0. The van der Waals surface area contributed by atoms with Gasteiger partial charge in [-0.25, -0.2) is 0 Å². The fourth-order valence-electron chi connectivity index (χ4n) is 1.19. The first kappa shape index (κ1) is 10.6. The zero-order valence-electron chi connectivity index (χ0n) is 7.55. The van der Waals surface area contributed by atoms with Crippen LogP contribution in [0.1, 0.15) is 26.7 Å². The summed E-state index contributed by atoms with van der Waals surface area (Å²) < 4.78 is 0. The number of hydrogen-bond donors (Lipinski definition) is 0. The van der Waals surface area contributed by atoms with Crippen LogP contribution in [0.25, 0.3) is 0 Å². The predicted molar refractivity (Wildman–Crippen MR) is 47.7 cm³/mol. The van der Waals surface area contributed by atoms with E-state index >= 15 is 0 Å². The average molecular weight is 158 g/mol. The summed E-state index contributed by atoms with van der Waals surface area (Å²) in [7, 11) is 0. The van der Waals surface area contributed by atoms with E-state index in [0.717, 1.165) is 19.6 Å². The van der Waals surface area contributed by atoms with Crippen molar-refractivity contribution in [2.24, 2.45) is 5.18 Å². The number of rotatable bonds is 3. The van der Waals surface area contributed by atoms with Crippen molar-refractivity contribution in [2.45, 2.75) is 26.7 Å². The van der Waals surface area contributed by atoms with Gasteiger partial charge in [0.15, 0.2) is 0 Å². The third-order valence-electron chi connectivity index (χ3n) is 1.71. The van der Waals surface area contributed by atoms with E-state index in [1.807, 2.05) is 13.8 Å². The second-order valence-corrected chi connectivity index (χ2v) is 2.40. The van der Waals surface area contributed by atoms with Crippen molar-refractivity contribution in [3.63, 3.8) is 0 Å². The van der Waals surface area contributed by atoms with Gasteiger partial charge in [0.1, 0.15) is 0 Å². The number of nitroso groups, excluding NO2 is 1. The molecule has 1 rings (SSSR count). The summed E-state index contributed by atoms with van der Waals surface area (Å²) in [5, 5.41) is 2.81. The molecule has 11 heavy (non-hydrogen) atoms. The maximum absolute atomic E-state index is 9.68. The Morgan fingerprint density at radius 3 is 2.27 bits per heavy atom. The van der Waals surface area contributed by atoms with E-state index in [9.17, 15) is 4.91 Å². The van der Waals surface area contributed by atoms with Crippen molar-refractivity contribution < 1.29 is 0 Å². The molecule has 0 aromatic rings. The van der Waals surface area contributed by atoms with Gasteiger partial charge in [-0.15, -0.1) is 0 Å². The first-order chi connectivity index (χ1) is 5.43. The van der Waals surface area contributed by atoms with E-state index in [1.54, 1.807) is 0 Å². The summed E-state index contributed by atoms with van der Waals surface area (Å²) in [5.74, 6) is 0. The quantitative estimate of drug-likeness (QED) is 0.587. The highest BCUT2D eigenvalue weighted by Crippen LogP contribution is 2.05. The minimum absolute atomic E-state index is 0.458. The largest absolute Gasteiger partial charge is 0.301 e. The molecule has 0 unspecified atom stereocenters. The highest BCUT2D eigenvalue weighted by atomic mass is 16.3. The van der Waals surface area contributed by atoms with Crippen molar-refractivity contribution in [1.29, 1.82) is 0 Å². The highest BCUT2D eigenvalue weighted by Gasteiger charge is 2.09. The van der Waals surface area contributed by atoms with Crippen LogP contribution in [-0.4, -0.2) is 31.1 Å². The van der Waals surface area contributed by atoms with E-state index in [-0.39, 0.29) is 0 Å². The molecule has 66 valence electrons. The molecule has 0 aromatic heterocycles. The van der Waals surface area contributed by atoms with Crippen molar-refractivity contribution in [1.82, 2.24) is 4.90 Å². The lowest BCUT2D eigenvalue weighted by Gasteiger charge is -2.10. The normalized spacial score (nSPS) is 17.3. The van der Waals surface area contributed by atoms with Gasteiger partial charge in [-0.2, -0.15) is 4.91 Å². The van der Waals surface area contributed by atoms with Crippen LogP contribution in [0.2, 0.25) is 0 Å². The maximum atomic E-state index is 9.68. The molecular formula is C8H18N2O. The molecule has 3 nitrogen and oxygen atoms in total. The lowest BCUT2D eigenvalue weighted by molar-refractivity contribution is 0.349. The van der Waals surface area contributed by atoms with Crippen LogP contribution in [0.15, 0.2) is 5.18 Å². The molecule has 0 aromatic carbocycles. The Kier molecular flexibility index (Phi) is 7.36. The topological polar surface area (TPSA) is 32.7 Å². The van der Waals surface area contributed by atoms with E-state index in [1.165, 1.54) is 12.8 Å². The summed E-state index contributed by atoms with van der Waals surface area (Å²) in [6, 6.07) is 0. The molecule has 0 bridgehead atoms. The van der Waals surface area contributed by atoms with Crippen LogP contribution in [0, 0.1) is 4.91 Å². The highest BCUT2D eigenvalue weighted by molar-refractivity contribution is 4.66. The molecule has 0 atom stereocenters. The Labute approximate surface area is 68.7 Å². The smallest absolute Gasteiger partial charge is 0.0938 e. The molecule has 0 N–H and O–H groups in total. The lowest BCUT2D eigenvalue weighted by Crippen LogP contribution is -2.21. The van der Waals surface area contributed by atoms with Gasteiger partial charge in [0.05, 0.1) is 6.54 Å². The van der Waals surface area contributed by atoms with Gasteiger partial charge in [-0.3, -0.25) is 0 Å². The molecule has 0 spiro atoms. The summed E-state index contributed by atoms with van der Waals surface area (Å²) >= 11 is 0. The zero-order chi connectivity index (χ0) is 8.53. The standard InChI is InChI=1S/C6H12N2O.C2H6/c9-7-3-6-8-4-1-2-5-8;1-2/h1-6H2;1-2H3. The number of likely N-dealkylation sites (tertiary alicyclic amines) is 1. The fraction of sp³-hybridized carbons (Fsp3) is 1.00. The molecule has 0 saturated carbocycles. The monoisotopic (exact) mass is 158 g/mol. The van der Waals surface area contributed by atoms with Gasteiger partial charge in [0, 0.05) is 6.54 Å². The Morgan fingerprint density at radius 2 is 1.82 bits per heavy atom. The Morgan fingerprint density at radius 1 is 1.27 bits per heavy atom. The minimum Gasteiger partial charge on any atom is -0.301 e. The third kappa shape index (κ3) is 4.90. The molecule has 3 heteroatoms. The molecule has 1 aliphatic rings. The minimum atomic E-state index is 0.458. The van der Waals surface area contributed by atoms with Crippen molar-refractivity contribution >= 4 is 0 Å². The Hall–Kier alpha value is -0.440. The molecule has 0 amide bonds. The van der Waals surface area contributed by atoms with E-state index in [0.29, 0.717) is 6.54 Å². The van der Waals surface area contributed by atoms with Crippen LogP contribution in [0.3, 0.4) is 0 Å². The first-order valence-corrected chi connectivity index (χ1v) is 4.45. The molecule has 0 radical (unpaired) electrons. The lowest BCUT2D eigenvalue weighted by atomic mass is 10.4. The van der Waals surface area contributed by atoms with E-state index < -0.39 is 0 Å². The van der Waals surface area contributed by atoms with Gasteiger partial charge in [0.25, 0.3) is 0 Å². The van der Waals surface area contributed by atoms with E-state index in [4.69, 9.17) is 0 Å². The fourth-order valence-corrected chi connectivity index (χ4v) is 1.19. The van der Waals surface area contributed by atoms with Crippen LogP contribution in [0.5, 0.6) is 0 Å². The first-order valence-electron chi connectivity index (χ1n) is 4.45. The molecule has 1 saturated heterocycles. The molecular weight excluding hydrogens is 140 g/mol. The Bertz CT molecular complexity index is 90.1. The van der Waals surface area contributed by atoms with Crippen molar-refractivity contribution in [3.8, 4) is 0 Å². The zero-order valence-corrected chi connectivity index (χ0v) is 7.55. The van der Waals surface area contributed by atoms with Crippen LogP contribution < -0.4 is 0 Å². The summed E-state index contributed by atoms with van der Waals surface area (Å²) in [6.07, 6.45) is 2.58. The van der Waals surface area contributed by atoms with Crippen molar-refractivity contribution in [3.05, 3.63) is 4.91 Å². The van der Waals surface area contributed by atoms with Gasteiger partial charge >= 0.3 is 0 Å². The number of hydrogen-bond acceptors (Lipinski definition) is 3. The van der Waals surface area contributed by atoms with Gasteiger partial charge in [0.2, 0.25) is 0 Å². The van der Waals surface area contributed by atoms with Gasteiger partial charge in [-0.1, -0.05) is 19.0 Å². The summed E-state index contributed by atoms with van der Waals surface area (Å²) in [5.41, 5.74) is 0. The molecule has 1 heterocycles. The van der Waals surface area contributed by atoms with Crippen LogP contribution in [-0.2, 0) is 0 Å². The van der Waals surface area contributed by atoms with Crippen LogP contribution >= 0.6 is 0 Å².